The number of benzene rings is 1. The van der Waals surface area contributed by atoms with Gasteiger partial charge < -0.3 is 24.6 Å². The summed E-state index contributed by atoms with van der Waals surface area (Å²) in [6.07, 6.45) is 5.87. The van der Waals surface area contributed by atoms with E-state index >= 15 is 0 Å². The molecule has 0 radical (unpaired) electrons. The number of piperidine rings is 1. The van der Waals surface area contributed by atoms with Crippen molar-refractivity contribution < 1.29 is 9.47 Å². The number of fused-ring (bicyclic) bond motifs is 1. The van der Waals surface area contributed by atoms with Gasteiger partial charge in [0.25, 0.3) is 0 Å². The van der Waals surface area contributed by atoms with Gasteiger partial charge in [0.1, 0.15) is 0 Å². The molecule has 1 N–H and O–H groups in total. The van der Waals surface area contributed by atoms with Gasteiger partial charge in [-0.3, -0.25) is 0 Å². The fourth-order valence-electron chi connectivity index (χ4n) is 4.87. The van der Waals surface area contributed by atoms with Gasteiger partial charge in [0.05, 0.1) is 24.9 Å². The molecule has 1 aromatic heterocycles. The van der Waals surface area contributed by atoms with Crippen LogP contribution in [-0.4, -0.2) is 79.8 Å². The molecule has 31 heavy (non-hydrogen) atoms. The first-order valence-corrected chi connectivity index (χ1v) is 11.7. The zero-order valence-corrected chi connectivity index (χ0v) is 19.5. The SMILES string of the molecule is CNc1nc(C2CCN(C)[C@@H](C)C2)c2cc(OC)c(OCCCN3CCCC3)cc2n1. The van der Waals surface area contributed by atoms with Crippen molar-refractivity contribution in [3.63, 3.8) is 0 Å². The second-order valence-corrected chi connectivity index (χ2v) is 9.00. The Kier molecular flexibility index (Phi) is 7.13. The van der Waals surface area contributed by atoms with Crippen molar-refractivity contribution in [1.82, 2.24) is 19.8 Å². The van der Waals surface area contributed by atoms with Crippen LogP contribution < -0.4 is 14.8 Å². The first-order valence-electron chi connectivity index (χ1n) is 11.7. The molecule has 3 heterocycles. The van der Waals surface area contributed by atoms with Crippen LogP contribution in [0.4, 0.5) is 5.95 Å². The minimum Gasteiger partial charge on any atom is -0.493 e. The summed E-state index contributed by atoms with van der Waals surface area (Å²) in [6, 6.07) is 4.64. The molecule has 4 rings (SSSR count). The highest BCUT2D eigenvalue weighted by molar-refractivity contribution is 5.86. The normalized spacial score (nSPS) is 22.7. The van der Waals surface area contributed by atoms with Crippen molar-refractivity contribution in [2.45, 2.75) is 51.0 Å². The number of hydrogen-bond donors (Lipinski definition) is 1. The van der Waals surface area contributed by atoms with E-state index in [1.54, 1.807) is 7.11 Å². The smallest absolute Gasteiger partial charge is 0.223 e. The monoisotopic (exact) mass is 427 g/mol. The molecule has 170 valence electrons. The summed E-state index contributed by atoms with van der Waals surface area (Å²) in [5.74, 6) is 2.61. The number of nitrogens with one attached hydrogen (secondary N) is 1. The first-order chi connectivity index (χ1) is 15.1. The summed E-state index contributed by atoms with van der Waals surface area (Å²) in [5.41, 5.74) is 2.03. The average molecular weight is 428 g/mol. The lowest BCUT2D eigenvalue weighted by Gasteiger charge is -2.35. The maximum atomic E-state index is 6.15. The second-order valence-electron chi connectivity index (χ2n) is 9.00. The Morgan fingerprint density at radius 2 is 1.94 bits per heavy atom. The quantitative estimate of drug-likeness (QED) is 0.644. The summed E-state index contributed by atoms with van der Waals surface area (Å²) < 4.78 is 11.9. The predicted molar refractivity (Wildman–Crippen MR) is 125 cm³/mol. The highest BCUT2D eigenvalue weighted by Gasteiger charge is 2.27. The maximum absolute atomic E-state index is 6.15. The van der Waals surface area contributed by atoms with Crippen molar-refractivity contribution in [1.29, 1.82) is 0 Å². The van der Waals surface area contributed by atoms with Crippen molar-refractivity contribution in [2.75, 3.05) is 59.3 Å². The Labute approximate surface area is 186 Å². The number of anilines is 1. The van der Waals surface area contributed by atoms with E-state index in [0.29, 0.717) is 24.5 Å². The van der Waals surface area contributed by atoms with Crippen LogP contribution in [0.2, 0.25) is 0 Å². The molecule has 7 heteroatoms. The summed E-state index contributed by atoms with van der Waals surface area (Å²) in [4.78, 5) is 14.6. The Hall–Kier alpha value is -2.12. The lowest BCUT2D eigenvalue weighted by atomic mass is 9.87. The summed E-state index contributed by atoms with van der Waals surface area (Å²) in [7, 11) is 5.79. The standard InChI is InChI=1S/C24H37N5O2/c1-17-14-18(8-12-28(17)3)23-19-15-21(30-4)22(16-20(19)26-24(25-2)27-23)31-13-7-11-29-9-5-6-10-29/h15-18H,5-14H2,1-4H3,(H,25,26,27)/t17-,18?/m0/s1. The van der Waals surface area contributed by atoms with E-state index < -0.39 is 0 Å². The van der Waals surface area contributed by atoms with E-state index in [0.717, 1.165) is 60.4 Å². The van der Waals surface area contributed by atoms with Crippen LogP contribution in [0.15, 0.2) is 12.1 Å². The number of nitrogens with zero attached hydrogens (tertiary/aromatic N) is 4. The van der Waals surface area contributed by atoms with E-state index in [9.17, 15) is 0 Å². The molecule has 2 aliphatic rings. The molecule has 2 aromatic rings. The highest BCUT2D eigenvalue weighted by atomic mass is 16.5. The largest absolute Gasteiger partial charge is 0.493 e. The van der Waals surface area contributed by atoms with Gasteiger partial charge in [0, 0.05) is 37.0 Å². The topological polar surface area (TPSA) is 62.8 Å². The zero-order valence-electron chi connectivity index (χ0n) is 19.5. The van der Waals surface area contributed by atoms with Crippen molar-refractivity contribution in [3.05, 3.63) is 17.8 Å². The van der Waals surface area contributed by atoms with E-state index in [-0.39, 0.29) is 0 Å². The Morgan fingerprint density at radius 1 is 1.13 bits per heavy atom. The Morgan fingerprint density at radius 3 is 2.65 bits per heavy atom. The molecular weight excluding hydrogens is 390 g/mol. The van der Waals surface area contributed by atoms with Crippen LogP contribution in [-0.2, 0) is 0 Å². The van der Waals surface area contributed by atoms with E-state index in [4.69, 9.17) is 19.4 Å². The molecular formula is C24H37N5O2. The number of methoxy groups -OCH3 is 1. The van der Waals surface area contributed by atoms with Gasteiger partial charge in [-0.25, -0.2) is 9.97 Å². The summed E-state index contributed by atoms with van der Waals surface area (Å²) in [6.45, 7) is 7.61. The number of aromatic nitrogens is 2. The Bertz CT molecular complexity index is 884. The maximum Gasteiger partial charge on any atom is 0.223 e. The summed E-state index contributed by atoms with van der Waals surface area (Å²) >= 11 is 0. The minimum absolute atomic E-state index is 0.417. The fraction of sp³-hybridized carbons (Fsp3) is 0.667. The number of hydrogen-bond acceptors (Lipinski definition) is 7. The molecule has 1 aromatic carbocycles. The van der Waals surface area contributed by atoms with Gasteiger partial charge in [-0.1, -0.05) is 0 Å². The summed E-state index contributed by atoms with van der Waals surface area (Å²) in [5, 5.41) is 4.21. The number of rotatable bonds is 8. The molecule has 0 bridgehead atoms. The molecule has 7 nitrogen and oxygen atoms in total. The first kappa shape index (κ1) is 22.1. The molecule has 2 aliphatic heterocycles. The van der Waals surface area contributed by atoms with Gasteiger partial charge in [-0.2, -0.15) is 0 Å². The van der Waals surface area contributed by atoms with Crippen molar-refractivity contribution in [3.8, 4) is 11.5 Å². The lowest BCUT2D eigenvalue weighted by Crippen LogP contribution is -2.37. The van der Waals surface area contributed by atoms with Crippen LogP contribution in [0.25, 0.3) is 10.9 Å². The average Bonchev–Trinajstić information content (AvgIpc) is 3.30. The van der Waals surface area contributed by atoms with Crippen LogP contribution in [0.1, 0.15) is 50.6 Å². The highest BCUT2D eigenvalue weighted by Crippen LogP contribution is 2.38. The van der Waals surface area contributed by atoms with Crippen LogP contribution in [0.3, 0.4) is 0 Å². The van der Waals surface area contributed by atoms with Gasteiger partial charge in [0.2, 0.25) is 5.95 Å². The molecule has 0 amide bonds. The van der Waals surface area contributed by atoms with Crippen LogP contribution in [0, 0.1) is 0 Å². The molecule has 0 aliphatic carbocycles. The molecule has 0 spiro atoms. The molecule has 2 saturated heterocycles. The molecule has 1 unspecified atom stereocenters. The lowest BCUT2D eigenvalue weighted by molar-refractivity contribution is 0.182. The van der Waals surface area contributed by atoms with Gasteiger partial charge in [-0.05, 0) is 71.8 Å². The van der Waals surface area contributed by atoms with Crippen LogP contribution >= 0.6 is 0 Å². The van der Waals surface area contributed by atoms with E-state index in [2.05, 4.69) is 35.2 Å². The minimum atomic E-state index is 0.417. The predicted octanol–water partition coefficient (Wildman–Crippen LogP) is 3.74. The van der Waals surface area contributed by atoms with Gasteiger partial charge in [0.15, 0.2) is 11.5 Å². The van der Waals surface area contributed by atoms with E-state index in [1.807, 2.05) is 13.1 Å². The number of likely N-dealkylation sites (tertiary alicyclic amines) is 2. The van der Waals surface area contributed by atoms with E-state index in [1.165, 1.54) is 25.9 Å². The molecule has 2 atom stereocenters. The van der Waals surface area contributed by atoms with Crippen LogP contribution in [0.5, 0.6) is 11.5 Å². The third kappa shape index (κ3) is 5.04. The zero-order chi connectivity index (χ0) is 21.8. The Balaban J connectivity index is 1.57. The third-order valence-electron chi connectivity index (χ3n) is 6.90. The van der Waals surface area contributed by atoms with Crippen molar-refractivity contribution in [2.24, 2.45) is 0 Å². The van der Waals surface area contributed by atoms with Gasteiger partial charge >= 0.3 is 0 Å². The molecule has 2 fully saturated rings. The number of ether oxygens (including phenoxy) is 2. The fourth-order valence-corrected chi connectivity index (χ4v) is 4.87. The second kappa shape index (κ2) is 10.0. The van der Waals surface area contributed by atoms with Gasteiger partial charge in [-0.15, -0.1) is 0 Å². The molecule has 0 saturated carbocycles. The third-order valence-corrected chi connectivity index (χ3v) is 6.90. The van der Waals surface area contributed by atoms with Crippen molar-refractivity contribution >= 4 is 16.9 Å².